The van der Waals surface area contributed by atoms with Gasteiger partial charge in [-0.2, -0.15) is 0 Å². The summed E-state index contributed by atoms with van der Waals surface area (Å²) in [7, 11) is 1.61. The fraction of sp³-hybridized carbons (Fsp3) is 0.524. The summed E-state index contributed by atoms with van der Waals surface area (Å²) < 4.78 is 10.6. The number of aromatic amines is 1. The number of rotatable bonds is 6. The Kier molecular flexibility index (Phi) is 6.01. The number of hydrogen-bond donors (Lipinski definition) is 2. The third-order valence-electron chi connectivity index (χ3n) is 5.70. The minimum atomic E-state index is -0.470. The van der Waals surface area contributed by atoms with Crippen molar-refractivity contribution in [3.05, 3.63) is 30.0 Å². The molecule has 0 radical (unpaired) electrons. The van der Waals surface area contributed by atoms with Gasteiger partial charge in [0.1, 0.15) is 17.5 Å². The molecule has 0 aliphatic carbocycles. The second kappa shape index (κ2) is 8.84. The van der Waals surface area contributed by atoms with Crippen molar-refractivity contribution >= 4 is 22.7 Å². The number of H-pyrrole nitrogens is 1. The van der Waals surface area contributed by atoms with Gasteiger partial charge in [0.25, 0.3) is 5.91 Å². The number of amides is 2. The molecule has 3 heterocycles. The predicted molar refractivity (Wildman–Crippen MR) is 109 cm³/mol. The van der Waals surface area contributed by atoms with Gasteiger partial charge in [0.05, 0.1) is 20.3 Å². The van der Waals surface area contributed by atoms with E-state index in [-0.39, 0.29) is 11.8 Å². The largest absolute Gasteiger partial charge is 0.497 e. The zero-order chi connectivity index (χ0) is 20.2. The van der Waals surface area contributed by atoms with Crippen LogP contribution in [-0.4, -0.2) is 85.7 Å². The summed E-state index contributed by atoms with van der Waals surface area (Å²) in [6, 6.07) is 6.94. The maximum Gasteiger partial charge on any atom is 0.268 e. The van der Waals surface area contributed by atoms with E-state index in [9.17, 15) is 9.59 Å². The molecule has 4 rings (SSSR count). The molecule has 156 valence electrons. The molecule has 1 aromatic carbocycles. The Labute approximate surface area is 170 Å². The van der Waals surface area contributed by atoms with E-state index >= 15 is 0 Å². The molecular formula is C21H28N4O4. The topological polar surface area (TPSA) is 86.9 Å². The maximum atomic E-state index is 12.9. The van der Waals surface area contributed by atoms with Crippen molar-refractivity contribution in [3.63, 3.8) is 0 Å². The molecule has 8 heteroatoms. The van der Waals surface area contributed by atoms with E-state index in [1.807, 2.05) is 23.1 Å². The molecule has 0 spiro atoms. The number of carbonyl (C=O) groups excluding carboxylic acids is 2. The minimum absolute atomic E-state index is 0.00985. The Morgan fingerprint density at radius 2 is 2.07 bits per heavy atom. The van der Waals surface area contributed by atoms with E-state index < -0.39 is 6.04 Å². The van der Waals surface area contributed by atoms with Gasteiger partial charge in [-0.05, 0) is 31.0 Å². The van der Waals surface area contributed by atoms with Gasteiger partial charge >= 0.3 is 0 Å². The molecule has 1 atom stereocenters. The van der Waals surface area contributed by atoms with Crippen LogP contribution in [0.2, 0.25) is 0 Å². The number of methoxy groups -OCH3 is 1. The molecule has 1 unspecified atom stereocenters. The molecule has 2 amide bonds. The molecule has 2 aliphatic rings. The Morgan fingerprint density at radius 3 is 2.86 bits per heavy atom. The monoisotopic (exact) mass is 400 g/mol. The fourth-order valence-corrected chi connectivity index (χ4v) is 3.97. The molecule has 2 fully saturated rings. The quantitative estimate of drug-likeness (QED) is 0.762. The molecular weight excluding hydrogens is 372 g/mol. The zero-order valence-corrected chi connectivity index (χ0v) is 16.8. The lowest BCUT2D eigenvalue weighted by Crippen LogP contribution is -2.54. The Balaban J connectivity index is 1.36. The molecule has 8 nitrogen and oxygen atoms in total. The first-order chi connectivity index (χ1) is 14.1. The normalized spacial score (nSPS) is 20.8. The molecule has 29 heavy (non-hydrogen) atoms. The van der Waals surface area contributed by atoms with Crippen molar-refractivity contribution < 1.29 is 19.1 Å². The highest BCUT2D eigenvalue weighted by Gasteiger charge is 2.30. The van der Waals surface area contributed by atoms with Gasteiger partial charge in [0, 0.05) is 49.7 Å². The number of morpholine rings is 1. The van der Waals surface area contributed by atoms with Crippen molar-refractivity contribution in [2.24, 2.45) is 0 Å². The average molecular weight is 400 g/mol. The lowest BCUT2D eigenvalue weighted by molar-refractivity contribution is -0.136. The maximum absolute atomic E-state index is 12.9. The lowest BCUT2D eigenvalue weighted by atomic mass is 10.0. The Morgan fingerprint density at radius 1 is 1.24 bits per heavy atom. The number of benzene rings is 1. The van der Waals surface area contributed by atoms with E-state index in [0.717, 1.165) is 62.5 Å². The van der Waals surface area contributed by atoms with Gasteiger partial charge in [-0.15, -0.1) is 0 Å². The third-order valence-corrected chi connectivity index (χ3v) is 5.70. The number of likely N-dealkylation sites (tertiary alicyclic amines) is 1. The molecule has 2 saturated heterocycles. The number of nitrogens with one attached hydrogen (secondary N) is 2. The highest BCUT2D eigenvalue weighted by molar-refractivity contribution is 6.00. The summed E-state index contributed by atoms with van der Waals surface area (Å²) in [6.07, 6.45) is 1.57. The second-order valence-corrected chi connectivity index (χ2v) is 7.58. The van der Waals surface area contributed by atoms with Gasteiger partial charge in [0.15, 0.2) is 0 Å². The number of carbonyl (C=O) groups is 2. The summed E-state index contributed by atoms with van der Waals surface area (Å²) in [6.45, 7) is 5.62. The Hall–Kier alpha value is -2.58. The molecule has 1 aromatic heterocycles. The number of ether oxygens (including phenoxy) is 2. The standard InChI is InChI=1S/C21H28N4O4/c1-28-16-5-4-15-13-19(22-18(15)14-16)20(26)23-17-3-2-6-25(21(17)27)8-7-24-9-11-29-12-10-24/h4-5,13-14,17,22H,2-3,6-12H2,1H3,(H,23,26). The summed E-state index contributed by atoms with van der Waals surface area (Å²) >= 11 is 0. The van der Waals surface area contributed by atoms with Crippen LogP contribution in [0, 0.1) is 0 Å². The van der Waals surface area contributed by atoms with E-state index in [0.29, 0.717) is 18.7 Å². The van der Waals surface area contributed by atoms with E-state index in [1.54, 1.807) is 13.2 Å². The van der Waals surface area contributed by atoms with Crippen molar-refractivity contribution in [2.45, 2.75) is 18.9 Å². The first-order valence-corrected chi connectivity index (χ1v) is 10.2. The first-order valence-electron chi connectivity index (χ1n) is 10.2. The van der Waals surface area contributed by atoms with Crippen LogP contribution in [0.1, 0.15) is 23.3 Å². The number of piperidine rings is 1. The van der Waals surface area contributed by atoms with E-state index in [2.05, 4.69) is 15.2 Å². The first kappa shape index (κ1) is 19.7. The highest BCUT2D eigenvalue weighted by Crippen LogP contribution is 2.21. The van der Waals surface area contributed by atoms with Crippen LogP contribution < -0.4 is 10.1 Å². The number of nitrogens with zero attached hydrogens (tertiary/aromatic N) is 2. The molecule has 2 aliphatic heterocycles. The van der Waals surface area contributed by atoms with Gasteiger partial charge in [0.2, 0.25) is 5.91 Å². The smallest absolute Gasteiger partial charge is 0.268 e. The molecule has 0 bridgehead atoms. The van der Waals surface area contributed by atoms with Crippen molar-refractivity contribution in [1.29, 1.82) is 0 Å². The molecule has 0 saturated carbocycles. The van der Waals surface area contributed by atoms with Gasteiger partial charge in [-0.1, -0.05) is 0 Å². The average Bonchev–Trinajstić information content (AvgIpc) is 3.18. The second-order valence-electron chi connectivity index (χ2n) is 7.58. The molecule has 2 aromatic rings. The zero-order valence-electron chi connectivity index (χ0n) is 16.8. The van der Waals surface area contributed by atoms with Crippen LogP contribution in [0.5, 0.6) is 5.75 Å². The fourth-order valence-electron chi connectivity index (χ4n) is 3.97. The summed E-state index contributed by atoms with van der Waals surface area (Å²) in [5.41, 5.74) is 1.28. The summed E-state index contributed by atoms with van der Waals surface area (Å²) in [5.74, 6) is 0.480. The van der Waals surface area contributed by atoms with Crippen molar-refractivity contribution in [3.8, 4) is 5.75 Å². The minimum Gasteiger partial charge on any atom is -0.497 e. The SMILES string of the molecule is COc1ccc2cc(C(=O)NC3CCCN(CCN4CCOCC4)C3=O)[nH]c2c1. The number of hydrogen-bond acceptors (Lipinski definition) is 5. The van der Waals surface area contributed by atoms with Crippen LogP contribution in [0.4, 0.5) is 0 Å². The van der Waals surface area contributed by atoms with E-state index in [1.165, 1.54) is 0 Å². The van der Waals surface area contributed by atoms with Crippen molar-refractivity contribution in [2.75, 3.05) is 53.0 Å². The van der Waals surface area contributed by atoms with Crippen LogP contribution in [-0.2, 0) is 9.53 Å². The van der Waals surface area contributed by atoms with Gasteiger partial charge in [-0.25, -0.2) is 0 Å². The van der Waals surface area contributed by atoms with Crippen LogP contribution in [0.3, 0.4) is 0 Å². The molecule has 2 N–H and O–H groups in total. The summed E-state index contributed by atoms with van der Waals surface area (Å²) in [4.78, 5) is 32.9. The third kappa shape index (κ3) is 4.54. The summed E-state index contributed by atoms with van der Waals surface area (Å²) in [5, 5.41) is 3.84. The van der Waals surface area contributed by atoms with Crippen molar-refractivity contribution in [1.82, 2.24) is 20.1 Å². The van der Waals surface area contributed by atoms with E-state index in [4.69, 9.17) is 9.47 Å². The predicted octanol–water partition coefficient (Wildman–Crippen LogP) is 1.23. The van der Waals surface area contributed by atoms with Gasteiger partial charge < -0.3 is 24.7 Å². The Bertz CT molecular complexity index is 875. The number of aromatic nitrogens is 1. The number of fused-ring (bicyclic) bond motifs is 1. The lowest BCUT2D eigenvalue weighted by Gasteiger charge is -2.35. The van der Waals surface area contributed by atoms with Crippen LogP contribution >= 0.6 is 0 Å². The highest BCUT2D eigenvalue weighted by atomic mass is 16.5. The van der Waals surface area contributed by atoms with Crippen LogP contribution in [0.25, 0.3) is 10.9 Å². The van der Waals surface area contributed by atoms with Crippen LogP contribution in [0.15, 0.2) is 24.3 Å². The van der Waals surface area contributed by atoms with Gasteiger partial charge in [-0.3, -0.25) is 14.5 Å².